The number of benzene rings is 3. The van der Waals surface area contributed by atoms with Gasteiger partial charge in [-0.3, -0.25) is 14.9 Å². The predicted molar refractivity (Wildman–Crippen MR) is 137 cm³/mol. The second kappa shape index (κ2) is 10.3. The number of hydrogen-bond donors (Lipinski definition) is 1. The van der Waals surface area contributed by atoms with Gasteiger partial charge in [0.1, 0.15) is 16.2 Å². The number of carbonyl (C=O) groups is 3. The molecule has 0 spiro atoms. The molecule has 37 heavy (non-hydrogen) atoms. The molecule has 1 fully saturated rings. The number of carbonyl (C=O) groups excluding carboxylic acids is 3. The molecule has 1 N–H and O–H groups in total. The van der Waals surface area contributed by atoms with Crippen molar-refractivity contribution in [1.29, 1.82) is 0 Å². The Morgan fingerprint density at radius 2 is 1.59 bits per heavy atom. The Kier molecular flexibility index (Phi) is 7.26. The first-order chi connectivity index (χ1) is 17.5. The Morgan fingerprint density at radius 1 is 0.946 bits per heavy atom. The number of hydrogen-bond acceptors (Lipinski definition) is 7. The molecule has 1 saturated heterocycles. The highest BCUT2D eigenvalue weighted by Crippen LogP contribution is 2.36. The maximum Gasteiger partial charge on any atom is 0.339 e. The largest absolute Gasteiger partial charge is 0.497 e. The first-order valence-electron chi connectivity index (χ1n) is 10.6. The Morgan fingerprint density at radius 3 is 2.22 bits per heavy atom. The average molecular weight is 561 g/mol. The van der Waals surface area contributed by atoms with Crippen LogP contribution in [-0.4, -0.2) is 33.4 Å². The molecule has 3 aromatic rings. The number of nitrogens with one attached hydrogen (secondary N) is 1. The van der Waals surface area contributed by atoms with Crippen molar-refractivity contribution in [2.24, 2.45) is 0 Å². The van der Waals surface area contributed by atoms with Crippen LogP contribution in [0.1, 0.15) is 11.1 Å². The van der Waals surface area contributed by atoms with E-state index in [1.54, 1.807) is 19.1 Å². The summed E-state index contributed by atoms with van der Waals surface area (Å²) in [6.07, 6.45) is 1.05. The molecule has 0 radical (unpaired) electrons. The van der Waals surface area contributed by atoms with Gasteiger partial charge in [0, 0.05) is 10.6 Å². The smallest absolute Gasteiger partial charge is 0.339 e. The molecule has 4 rings (SSSR count). The minimum atomic E-state index is -4.34. The van der Waals surface area contributed by atoms with Gasteiger partial charge in [-0.2, -0.15) is 8.42 Å². The van der Waals surface area contributed by atoms with Crippen LogP contribution in [0.4, 0.5) is 10.5 Å². The number of urea groups is 1. The van der Waals surface area contributed by atoms with E-state index in [1.165, 1.54) is 55.6 Å². The summed E-state index contributed by atoms with van der Waals surface area (Å²) < 4.78 is 36.2. The molecule has 0 bridgehead atoms. The molecule has 4 amide bonds. The normalized spacial score (nSPS) is 15.1. The van der Waals surface area contributed by atoms with Crippen LogP contribution in [0.25, 0.3) is 6.08 Å². The van der Waals surface area contributed by atoms with Crippen molar-refractivity contribution in [1.82, 2.24) is 5.32 Å². The van der Waals surface area contributed by atoms with E-state index in [1.807, 2.05) is 0 Å². The third-order valence-electron chi connectivity index (χ3n) is 5.27. The number of methoxy groups -OCH3 is 1. The fourth-order valence-corrected chi connectivity index (χ4v) is 4.98. The fraction of sp³-hybridized carbons (Fsp3) is 0.0800. The molecular formula is C25H18Cl2N2O7S. The molecule has 3 aromatic carbocycles. The molecular weight excluding hydrogens is 543 g/mol. The fourth-order valence-electron chi connectivity index (χ4n) is 3.42. The minimum absolute atomic E-state index is 0.0734. The van der Waals surface area contributed by atoms with Gasteiger partial charge in [-0.15, -0.1) is 0 Å². The van der Waals surface area contributed by atoms with E-state index in [9.17, 15) is 22.8 Å². The Balaban J connectivity index is 1.77. The summed E-state index contributed by atoms with van der Waals surface area (Å²) in [5.41, 5.74) is 0.456. The van der Waals surface area contributed by atoms with Gasteiger partial charge in [0.05, 0.1) is 17.8 Å². The summed E-state index contributed by atoms with van der Waals surface area (Å²) in [6, 6.07) is 13.5. The zero-order valence-electron chi connectivity index (χ0n) is 19.3. The molecule has 0 saturated carbocycles. The quantitative estimate of drug-likeness (QED) is 0.262. The number of halogens is 2. The number of barbiturate groups is 1. The molecule has 0 unspecified atom stereocenters. The van der Waals surface area contributed by atoms with E-state index in [-0.39, 0.29) is 31.9 Å². The number of aryl methyl sites for hydroxylation is 1. The molecule has 0 aromatic heterocycles. The van der Waals surface area contributed by atoms with Crippen LogP contribution in [0, 0.1) is 6.92 Å². The van der Waals surface area contributed by atoms with Gasteiger partial charge >= 0.3 is 16.1 Å². The van der Waals surface area contributed by atoms with E-state index >= 15 is 0 Å². The Hall–Kier alpha value is -3.86. The number of anilines is 1. The summed E-state index contributed by atoms with van der Waals surface area (Å²) in [7, 11) is -2.88. The first-order valence-corrected chi connectivity index (χ1v) is 12.7. The molecule has 0 atom stereocenters. The third-order valence-corrected chi connectivity index (χ3v) is 7.01. The van der Waals surface area contributed by atoms with E-state index in [0.717, 1.165) is 16.5 Å². The lowest BCUT2D eigenvalue weighted by molar-refractivity contribution is -0.122. The van der Waals surface area contributed by atoms with Crippen LogP contribution < -0.4 is 19.1 Å². The Bertz CT molecular complexity index is 1550. The van der Waals surface area contributed by atoms with Crippen LogP contribution in [0.5, 0.6) is 11.5 Å². The molecule has 190 valence electrons. The van der Waals surface area contributed by atoms with Crippen molar-refractivity contribution in [3.8, 4) is 11.5 Å². The van der Waals surface area contributed by atoms with Crippen LogP contribution in [0.2, 0.25) is 10.0 Å². The highest BCUT2D eigenvalue weighted by molar-refractivity contribution is 7.87. The van der Waals surface area contributed by atoms with Crippen molar-refractivity contribution in [3.63, 3.8) is 0 Å². The summed E-state index contributed by atoms with van der Waals surface area (Å²) >= 11 is 12.4. The van der Waals surface area contributed by atoms with Crippen molar-refractivity contribution < 1.29 is 31.7 Å². The lowest BCUT2D eigenvalue weighted by Gasteiger charge is -2.26. The number of nitrogens with zero attached hydrogens (tertiary/aromatic N) is 1. The SMILES string of the molecule is COc1ccc(N2C(=O)NC(=O)/C(=C\c3cc(Cl)cc(Cl)c3OS(=O)(=O)c3ccc(C)cc3)C2=O)cc1. The molecule has 1 heterocycles. The van der Waals surface area contributed by atoms with Gasteiger partial charge in [-0.25, -0.2) is 9.69 Å². The zero-order chi connectivity index (χ0) is 26.9. The summed E-state index contributed by atoms with van der Waals surface area (Å²) in [5, 5.41) is 2.00. The molecule has 1 aliphatic rings. The zero-order valence-corrected chi connectivity index (χ0v) is 21.6. The van der Waals surface area contributed by atoms with Gasteiger partial charge in [-0.05, 0) is 61.5 Å². The van der Waals surface area contributed by atoms with Crippen LogP contribution in [0.15, 0.2) is 71.1 Å². The maximum absolute atomic E-state index is 13.2. The van der Waals surface area contributed by atoms with Crippen LogP contribution in [-0.2, 0) is 19.7 Å². The Labute approximate surface area is 222 Å². The second-order valence-corrected chi connectivity index (χ2v) is 10.2. The average Bonchev–Trinajstić information content (AvgIpc) is 2.84. The van der Waals surface area contributed by atoms with Crippen molar-refractivity contribution in [3.05, 3.63) is 87.4 Å². The van der Waals surface area contributed by atoms with Crippen molar-refractivity contribution in [2.45, 2.75) is 11.8 Å². The predicted octanol–water partition coefficient (Wildman–Crippen LogP) is 4.74. The second-order valence-electron chi connectivity index (χ2n) is 7.81. The van der Waals surface area contributed by atoms with Gasteiger partial charge in [0.2, 0.25) is 0 Å². The highest BCUT2D eigenvalue weighted by Gasteiger charge is 2.37. The number of imide groups is 2. The van der Waals surface area contributed by atoms with Crippen molar-refractivity contribution >= 4 is 62.9 Å². The first kappa shape index (κ1) is 26.2. The van der Waals surface area contributed by atoms with Crippen molar-refractivity contribution in [2.75, 3.05) is 12.0 Å². The van der Waals surface area contributed by atoms with E-state index in [2.05, 4.69) is 5.32 Å². The maximum atomic E-state index is 13.2. The standard InChI is InChI=1S/C25H18Cl2N2O7S/c1-14-3-9-19(10-4-14)37(33,34)36-22-15(11-16(26)13-21(22)27)12-20-23(30)28-25(32)29(24(20)31)17-5-7-18(35-2)8-6-17/h3-13H,1-2H3,(H,28,30,32)/b20-12+. The summed E-state index contributed by atoms with van der Waals surface area (Å²) in [6.45, 7) is 1.80. The third kappa shape index (κ3) is 5.46. The van der Waals surface area contributed by atoms with Gasteiger partial charge in [0.15, 0.2) is 5.75 Å². The lowest BCUT2D eigenvalue weighted by Crippen LogP contribution is -2.54. The van der Waals surface area contributed by atoms with E-state index in [0.29, 0.717) is 5.75 Å². The summed E-state index contributed by atoms with van der Waals surface area (Å²) in [4.78, 5) is 39.0. The molecule has 1 aliphatic heterocycles. The topological polar surface area (TPSA) is 119 Å². The van der Waals surface area contributed by atoms with Crippen LogP contribution >= 0.6 is 23.2 Å². The lowest BCUT2D eigenvalue weighted by atomic mass is 10.1. The number of ether oxygens (including phenoxy) is 1. The summed E-state index contributed by atoms with van der Waals surface area (Å²) in [5.74, 6) is -1.82. The molecule has 9 nitrogen and oxygen atoms in total. The van der Waals surface area contributed by atoms with Gasteiger partial charge in [-0.1, -0.05) is 40.9 Å². The van der Waals surface area contributed by atoms with Gasteiger partial charge in [0.25, 0.3) is 11.8 Å². The highest BCUT2D eigenvalue weighted by atomic mass is 35.5. The monoisotopic (exact) mass is 560 g/mol. The number of amides is 4. The number of rotatable bonds is 6. The minimum Gasteiger partial charge on any atom is -0.497 e. The van der Waals surface area contributed by atoms with Gasteiger partial charge < -0.3 is 8.92 Å². The molecule has 0 aliphatic carbocycles. The molecule has 12 heteroatoms. The van der Waals surface area contributed by atoms with Crippen LogP contribution in [0.3, 0.4) is 0 Å². The van der Waals surface area contributed by atoms with E-state index in [4.69, 9.17) is 32.1 Å². The van der Waals surface area contributed by atoms with E-state index < -0.39 is 33.5 Å².